The summed E-state index contributed by atoms with van der Waals surface area (Å²) >= 11 is 0. The van der Waals surface area contributed by atoms with Crippen molar-refractivity contribution in [3.63, 3.8) is 0 Å². The van der Waals surface area contributed by atoms with Crippen molar-refractivity contribution in [1.82, 2.24) is 10.6 Å². The molecule has 4 N–H and O–H groups in total. The average molecular weight is 464 g/mol. The van der Waals surface area contributed by atoms with Gasteiger partial charge in [0.05, 0.1) is 13.2 Å². The van der Waals surface area contributed by atoms with Gasteiger partial charge in [0.1, 0.15) is 18.4 Å². The number of aryl methyl sites for hydroxylation is 1. The van der Waals surface area contributed by atoms with E-state index in [0.717, 1.165) is 5.56 Å². The molecular weight excluding hydrogens is 426 g/mol. The van der Waals surface area contributed by atoms with E-state index in [1.807, 2.05) is 26.0 Å². The highest BCUT2D eigenvalue weighted by atomic mass is 16.5. The van der Waals surface area contributed by atoms with Gasteiger partial charge in [-0.2, -0.15) is 0 Å². The molecule has 33 heavy (non-hydrogen) atoms. The van der Waals surface area contributed by atoms with Crippen LogP contribution in [-0.4, -0.2) is 62.5 Å². The van der Waals surface area contributed by atoms with Crippen molar-refractivity contribution in [2.24, 2.45) is 5.73 Å². The van der Waals surface area contributed by atoms with Crippen molar-refractivity contribution in [3.05, 3.63) is 35.4 Å². The third-order valence-corrected chi connectivity index (χ3v) is 4.94. The zero-order valence-electron chi connectivity index (χ0n) is 19.7. The SMILES string of the molecule is CCC(=O)CCCOCCOCC(=O)N[C@@H](CCCCNC(=O)c1ccc(C)cc1)C(N)=O. The Morgan fingerprint density at radius 1 is 0.970 bits per heavy atom. The van der Waals surface area contributed by atoms with Crippen LogP contribution in [0.5, 0.6) is 0 Å². The van der Waals surface area contributed by atoms with E-state index in [9.17, 15) is 19.2 Å². The zero-order valence-corrected chi connectivity index (χ0v) is 19.7. The summed E-state index contributed by atoms with van der Waals surface area (Å²) in [6, 6.07) is 6.51. The maximum Gasteiger partial charge on any atom is 0.251 e. The van der Waals surface area contributed by atoms with Gasteiger partial charge in [-0.25, -0.2) is 0 Å². The molecule has 1 rings (SSSR count). The van der Waals surface area contributed by atoms with Crippen LogP contribution in [0.2, 0.25) is 0 Å². The highest BCUT2D eigenvalue weighted by Gasteiger charge is 2.17. The molecule has 0 saturated heterocycles. The van der Waals surface area contributed by atoms with Gasteiger partial charge >= 0.3 is 0 Å². The number of unbranched alkanes of at least 4 members (excludes halogenated alkanes) is 1. The van der Waals surface area contributed by atoms with Gasteiger partial charge in [-0.1, -0.05) is 24.6 Å². The lowest BCUT2D eigenvalue weighted by atomic mass is 10.1. The molecule has 3 amide bonds. The fraction of sp³-hybridized carbons (Fsp3) is 0.583. The van der Waals surface area contributed by atoms with Crippen molar-refractivity contribution >= 4 is 23.5 Å². The Labute approximate surface area is 195 Å². The summed E-state index contributed by atoms with van der Waals surface area (Å²) in [7, 11) is 0. The minimum atomic E-state index is -0.791. The van der Waals surface area contributed by atoms with Crippen LogP contribution >= 0.6 is 0 Å². The molecule has 0 aliphatic rings. The van der Waals surface area contributed by atoms with Crippen molar-refractivity contribution in [3.8, 4) is 0 Å². The number of carbonyl (C=O) groups excluding carboxylic acids is 4. The topological polar surface area (TPSA) is 137 Å². The van der Waals surface area contributed by atoms with Crippen molar-refractivity contribution < 1.29 is 28.7 Å². The van der Waals surface area contributed by atoms with Crippen molar-refractivity contribution in [1.29, 1.82) is 0 Å². The molecule has 0 aliphatic carbocycles. The summed E-state index contributed by atoms with van der Waals surface area (Å²) < 4.78 is 10.6. The average Bonchev–Trinajstić information content (AvgIpc) is 2.79. The van der Waals surface area contributed by atoms with Crippen LogP contribution in [0.25, 0.3) is 0 Å². The predicted molar refractivity (Wildman–Crippen MR) is 125 cm³/mol. The summed E-state index contributed by atoms with van der Waals surface area (Å²) in [5.41, 5.74) is 7.06. The van der Waals surface area contributed by atoms with Crippen LogP contribution in [0.4, 0.5) is 0 Å². The molecule has 1 aromatic rings. The van der Waals surface area contributed by atoms with Gasteiger partial charge in [0.25, 0.3) is 5.91 Å². The van der Waals surface area contributed by atoms with Crippen LogP contribution < -0.4 is 16.4 Å². The third-order valence-electron chi connectivity index (χ3n) is 4.94. The highest BCUT2D eigenvalue weighted by Crippen LogP contribution is 2.04. The van der Waals surface area contributed by atoms with Gasteiger partial charge in [-0.3, -0.25) is 19.2 Å². The molecule has 0 heterocycles. The van der Waals surface area contributed by atoms with Gasteiger partial charge in [0.15, 0.2) is 0 Å². The number of nitrogens with one attached hydrogen (secondary N) is 2. The number of nitrogens with two attached hydrogens (primary N) is 1. The maximum atomic E-state index is 12.1. The summed E-state index contributed by atoms with van der Waals surface area (Å²) in [4.78, 5) is 46.8. The van der Waals surface area contributed by atoms with Crippen LogP contribution in [0.15, 0.2) is 24.3 Å². The van der Waals surface area contributed by atoms with Crippen LogP contribution in [0.3, 0.4) is 0 Å². The van der Waals surface area contributed by atoms with E-state index in [2.05, 4.69) is 10.6 Å². The van der Waals surface area contributed by atoms with E-state index in [-0.39, 0.29) is 24.9 Å². The molecule has 0 saturated carbocycles. The fourth-order valence-electron chi connectivity index (χ4n) is 2.94. The molecule has 0 radical (unpaired) electrons. The monoisotopic (exact) mass is 463 g/mol. The second-order valence-electron chi connectivity index (χ2n) is 7.80. The van der Waals surface area contributed by atoms with Crippen molar-refractivity contribution in [2.75, 3.05) is 33.0 Å². The number of ether oxygens (including phenoxy) is 2. The second kappa shape index (κ2) is 16.8. The lowest BCUT2D eigenvalue weighted by Gasteiger charge is -2.15. The molecule has 0 bridgehead atoms. The summed E-state index contributed by atoms with van der Waals surface area (Å²) in [6.07, 6.45) is 3.35. The van der Waals surface area contributed by atoms with Crippen LogP contribution in [-0.2, 0) is 23.9 Å². The molecule has 0 unspecified atom stereocenters. The first-order chi connectivity index (χ1) is 15.8. The summed E-state index contributed by atoms with van der Waals surface area (Å²) in [6.45, 7) is 5.07. The summed E-state index contributed by atoms with van der Waals surface area (Å²) in [5, 5.41) is 5.41. The normalized spacial score (nSPS) is 11.6. The number of carbonyl (C=O) groups is 4. The Hall–Kier alpha value is -2.78. The smallest absolute Gasteiger partial charge is 0.251 e. The predicted octanol–water partition coefficient (Wildman–Crippen LogP) is 1.66. The molecule has 1 aromatic carbocycles. The lowest BCUT2D eigenvalue weighted by Crippen LogP contribution is -2.45. The molecule has 1 atom stereocenters. The molecule has 184 valence electrons. The van der Waals surface area contributed by atoms with E-state index in [1.165, 1.54) is 0 Å². The van der Waals surface area contributed by atoms with Crippen LogP contribution in [0, 0.1) is 6.92 Å². The van der Waals surface area contributed by atoms with E-state index in [4.69, 9.17) is 15.2 Å². The van der Waals surface area contributed by atoms with Gasteiger partial charge in [0, 0.05) is 31.6 Å². The van der Waals surface area contributed by atoms with Gasteiger partial charge in [-0.15, -0.1) is 0 Å². The van der Waals surface area contributed by atoms with Crippen molar-refractivity contribution in [2.45, 2.75) is 58.4 Å². The Bertz CT molecular complexity index is 751. The molecule has 9 heteroatoms. The Kier molecular flexibility index (Phi) is 14.4. The van der Waals surface area contributed by atoms with E-state index in [0.29, 0.717) is 63.8 Å². The number of Topliss-reactive ketones (excluding diaryl/α,β-unsaturated/α-hetero) is 1. The lowest BCUT2D eigenvalue weighted by molar-refractivity contribution is -0.130. The second-order valence-corrected chi connectivity index (χ2v) is 7.80. The van der Waals surface area contributed by atoms with E-state index in [1.54, 1.807) is 12.1 Å². The van der Waals surface area contributed by atoms with Crippen LogP contribution in [0.1, 0.15) is 61.4 Å². The molecule has 0 aromatic heterocycles. The fourth-order valence-corrected chi connectivity index (χ4v) is 2.94. The molecule has 9 nitrogen and oxygen atoms in total. The third kappa shape index (κ3) is 13.4. The Morgan fingerprint density at radius 3 is 2.33 bits per heavy atom. The van der Waals surface area contributed by atoms with Gasteiger partial charge < -0.3 is 25.8 Å². The highest BCUT2D eigenvalue weighted by molar-refractivity contribution is 5.94. The first-order valence-corrected chi connectivity index (χ1v) is 11.4. The summed E-state index contributed by atoms with van der Waals surface area (Å²) in [5.74, 6) is -0.982. The number of ketones is 1. The maximum absolute atomic E-state index is 12.1. The zero-order chi connectivity index (χ0) is 24.5. The largest absolute Gasteiger partial charge is 0.379 e. The molecule has 0 spiro atoms. The number of hydrogen-bond donors (Lipinski definition) is 3. The quantitative estimate of drug-likeness (QED) is 0.283. The van der Waals surface area contributed by atoms with E-state index >= 15 is 0 Å². The number of hydrogen-bond acceptors (Lipinski definition) is 6. The van der Waals surface area contributed by atoms with E-state index < -0.39 is 17.9 Å². The minimum absolute atomic E-state index is 0.148. The number of rotatable bonds is 18. The molecular formula is C24H37N3O6. The number of benzene rings is 1. The number of primary amides is 1. The first-order valence-electron chi connectivity index (χ1n) is 11.4. The standard InChI is InChI=1S/C24H37N3O6/c1-3-20(28)7-6-14-32-15-16-33-17-22(29)27-21(23(25)30)8-4-5-13-26-24(31)19-11-9-18(2)10-12-19/h9-12,21H,3-8,13-17H2,1-2H3,(H2,25,30)(H,26,31)(H,27,29)/t21-/m0/s1. The first kappa shape index (κ1) is 28.3. The van der Waals surface area contributed by atoms with Gasteiger partial charge in [0.2, 0.25) is 11.8 Å². The Morgan fingerprint density at radius 2 is 1.67 bits per heavy atom. The minimum Gasteiger partial charge on any atom is -0.379 e. The van der Waals surface area contributed by atoms with Gasteiger partial charge in [-0.05, 0) is 44.7 Å². The number of amides is 3. The molecule has 0 fully saturated rings. The molecule has 0 aliphatic heterocycles. The Balaban J connectivity index is 2.13.